The number of Topliss-reactive ketones (excluding diaryl/α,β-unsaturated/α-hetero) is 1. The van der Waals surface area contributed by atoms with E-state index >= 15 is 0 Å². The second-order valence-electron chi connectivity index (χ2n) is 6.86. The van der Waals surface area contributed by atoms with Gasteiger partial charge in [0.2, 0.25) is 5.78 Å². The monoisotopic (exact) mass is 408 g/mol. The number of benzene rings is 2. The van der Waals surface area contributed by atoms with Crippen LogP contribution in [0.2, 0.25) is 5.02 Å². The van der Waals surface area contributed by atoms with E-state index in [0.29, 0.717) is 24.5 Å². The lowest BCUT2D eigenvalue weighted by Crippen LogP contribution is -2.34. The van der Waals surface area contributed by atoms with Crippen molar-refractivity contribution in [2.24, 2.45) is 9.98 Å². The van der Waals surface area contributed by atoms with Gasteiger partial charge in [-0.3, -0.25) is 9.79 Å². The maximum absolute atomic E-state index is 13.0. The summed E-state index contributed by atoms with van der Waals surface area (Å²) in [6, 6.07) is 16.0. The first-order valence-electron chi connectivity index (χ1n) is 9.60. The third-order valence-electron chi connectivity index (χ3n) is 4.85. The number of hydrogen-bond donors (Lipinski definition) is 1. The summed E-state index contributed by atoms with van der Waals surface area (Å²) < 4.78 is 2.08. The predicted molar refractivity (Wildman–Crippen MR) is 122 cm³/mol. The first-order valence-corrected chi connectivity index (χ1v) is 9.98. The molecule has 2 aromatic carbocycles. The number of para-hydroxylation sites is 1. The SMILES string of the molecule is C=NC.CCC1CN=C(C(=O)c2cn(Cc3ccccc3Cl)c3ccccc23)N1. The molecule has 0 saturated carbocycles. The molecule has 1 aliphatic heterocycles. The van der Waals surface area contributed by atoms with Crippen molar-refractivity contribution in [3.63, 3.8) is 0 Å². The average Bonchev–Trinajstić information content (AvgIpc) is 3.35. The lowest BCUT2D eigenvalue weighted by molar-refractivity contribution is 0.106. The largest absolute Gasteiger partial charge is 0.363 e. The van der Waals surface area contributed by atoms with Crippen LogP contribution in [0.4, 0.5) is 0 Å². The lowest BCUT2D eigenvalue weighted by Gasteiger charge is -2.07. The Balaban J connectivity index is 0.000000755. The lowest BCUT2D eigenvalue weighted by atomic mass is 10.1. The smallest absolute Gasteiger partial charge is 0.229 e. The van der Waals surface area contributed by atoms with Gasteiger partial charge in [-0.15, -0.1) is 0 Å². The number of carbonyl (C=O) groups is 1. The second-order valence-corrected chi connectivity index (χ2v) is 7.27. The van der Waals surface area contributed by atoms with Crippen LogP contribution in [0.3, 0.4) is 0 Å². The van der Waals surface area contributed by atoms with E-state index in [1.807, 2.05) is 54.7 Å². The number of fused-ring (bicyclic) bond motifs is 1. The highest BCUT2D eigenvalue weighted by atomic mass is 35.5. The average molecular weight is 409 g/mol. The van der Waals surface area contributed by atoms with Crippen molar-refractivity contribution in [1.82, 2.24) is 9.88 Å². The fourth-order valence-corrected chi connectivity index (χ4v) is 3.55. The Morgan fingerprint density at radius 2 is 1.97 bits per heavy atom. The van der Waals surface area contributed by atoms with Crippen molar-refractivity contribution in [2.45, 2.75) is 25.9 Å². The van der Waals surface area contributed by atoms with E-state index in [9.17, 15) is 4.79 Å². The molecular formula is C23H25ClN4O. The summed E-state index contributed by atoms with van der Waals surface area (Å²) in [5, 5.41) is 4.91. The predicted octanol–water partition coefficient (Wildman–Crippen LogP) is 4.62. The van der Waals surface area contributed by atoms with Gasteiger partial charge in [0, 0.05) is 41.8 Å². The van der Waals surface area contributed by atoms with Gasteiger partial charge in [0.1, 0.15) is 0 Å². The van der Waals surface area contributed by atoms with E-state index in [1.165, 1.54) is 0 Å². The van der Waals surface area contributed by atoms with Crippen LogP contribution in [0.1, 0.15) is 29.3 Å². The van der Waals surface area contributed by atoms with E-state index in [4.69, 9.17) is 11.6 Å². The number of hydrogen-bond acceptors (Lipinski definition) is 4. The normalized spacial score (nSPS) is 15.3. The molecule has 1 aliphatic rings. The highest BCUT2D eigenvalue weighted by Gasteiger charge is 2.25. The summed E-state index contributed by atoms with van der Waals surface area (Å²) in [6.45, 7) is 6.48. The molecule has 0 amide bonds. The zero-order chi connectivity index (χ0) is 20.8. The Kier molecular flexibility index (Phi) is 6.83. The summed E-state index contributed by atoms with van der Waals surface area (Å²) >= 11 is 6.32. The molecule has 0 spiro atoms. The van der Waals surface area contributed by atoms with Crippen LogP contribution in [-0.2, 0) is 6.54 Å². The minimum atomic E-state index is -0.0462. The minimum Gasteiger partial charge on any atom is -0.363 e. The Morgan fingerprint density at radius 3 is 2.66 bits per heavy atom. The molecule has 0 saturated heterocycles. The third-order valence-corrected chi connectivity index (χ3v) is 5.22. The summed E-state index contributed by atoms with van der Waals surface area (Å²) in [4.78, 5) is 20.7. The number of amidine groups is 1. The Hall–Kier alpha value is -2.92. The van der Waals surface area contributed by atoms with E-state index in [0.717, 1.165) is 27.9 Å². The zero-order valence-corrected chi connectivity index (χ0v) is 17.5. The first kappa shape index (κ1) is 20.8. The number of rotatable bonds is 5. The molecule has 150 valence electrons. The van der Waals surface area contributed by atoms with Gasteiger partial charge in [-0.1, -0.05) is 54.9 Å². The fraction of sp³-hybridized carbons (Fsp3) is 0.261. The maximum Gasteiger partial charge on any atom is 0.229 e. The Morgan fingerprint density at radius 1 is 1.28 bits per heavy atom. The molecule has 1 atom stereocenters. The number of nitrogens with zero attached hydrogens (tertiary/aromatic N) is 3. The molecule has 3 aromatic rings. The molecule has 0 bridgehead atoms. The molecule has 0 fully saturated rings. The number of aliphatic imine (C=N–C) groups is 2. The fourth-order valence-electron chi connectivity index (χ4n) is 3.35. The van der Waals surface area contributed by atoms with Crippen LogP contribution >= 0.6 is 11.6 Å². The van der Waals surface area contributed by atoms with E-state index in [1.54, 1.807) is 7.05 Å². The standard InChI is InChI=1S/C21H20ClN3O.C2H5N/c1-2-15-11-23-21(24-15)20(26)17-13-25(19-10-6-4-8-16(17)19)12-14-7-3-5-9-18(14)22;1-3-2/h3-10,13,15H,2,11-12H2,1H3,(H,23,24);1H2,2H3. The van der Waals surface area contributed by atoms with Crippen molar-refractivity contribution in [3.8, 4) is 0 Å². The molecule has 6 heteroatoms. The van der Waals surface area contributed by atoms with E-state index in [2.05, 4.69) is 33.5 Å². The van der Waals surface area contributed by atoms with Crippen LogP contribution in [-0.4, -0.2) is 42.5 Å². The molecule has 1 N–H and O–H groups in total. The third kappa shape index (κ3) is 4.57. The van der Waals surface area contributed by atoms with Crippen molar-refractivity contribution < 1.29 is 4.79 Å². The van der Waals surface area contributed by atoms with Gasteiger partial charge >= 0.3 is 0 Å². The van der Waals surface area contributed by atoms with Gasteiger partial charge < -0.3 is 14.9 Å². The number of carbonyl (C=O) groups excluding carboxylic acids is 1. The number of ketones is 1. The first-order chi connectivity index (χ1) is 14.1. The highest BCUT2D eigenvalue weighted by molar-refractivity contribution is 6.47. The van der Waals surface area contributed by atoms with Gasteiger partial charge in [0.15, 0.2) is 5.84 Å². The summed E-state index contributed by atoms with van der Waals surface area (Å²) in [5.74, 6) is 0.424. The van der Waals surface area contributed by atoms with Crippen molar-refractivity contribution in [1.29, 1.82) is 0 Å². The summed E-state index contributed by atoms with van der Waals surface area (Å²) in [6.07, 6.45) is 2.87. The van der Waals surface area contributed by atoms with Gasteiger partial charge in [0.05, 0.1) is 12.1 Å². The quantitative estimate of drug-likeness (QED) is 0.494. The van der Waals surface area contributed by atoms with Crippen LogP contribution in [0, 0.1) is 0 Å². The van der Waals surface area contributed by atoms with E-state index in [-0.39, 0.29) is 11.8 Å². The van der Waals surface area contributed by atoms with Crippen molar-refractivity contribution >= 4 is 40.8 Å². The molecule has 0 aliphatic carbocycles. The molecule has 0 radical (unpaired) electrons. The molecule has 4 rings (SSSR count). The van der Waals surface area contributed by atoms with Crippen LogP contribution in [0.15, 0.2) is 64.7 Å². The van der Waals surface area contributed by atoms with Gasteiger partial charge in [-0.2, -0.15) is 0 Å². The highest BCUT2D eigenvalue weighted by Crippen LogP contribution is 2.25. The number of nitrogens with one attached hydrogen (secondary N) is 1. The van der Waals surface area contributed by atoms with Crippen molar-refractivity contribution in [2.75, 3.05) is 13.6 Å². The molecule has 1 unspecified atom stereocenters. The number of aromatic nitrogens is 1. The summed E-state index contributed by atoms with van der Waals surface area (Å²) in [7, 11) is 1.64. The van der Waals surface area contributed by atoms with Crippen LogP contribution in [0.25, 0.3) is 10.9 Å². The topological polar surface area (TPSA) is 58.8 Å². The molecule has 5 nitrogen and oxygen atoms in total. The molecule has 29 heavy (non-hydrogen) atoms. The van der Waals surface area contributed by atoms with E-state index < -0.39 is 0 Å². The summed E-state index contributed by atoms with van der Waals surface area (Å²) in [5.41, 5.74) is 2.72. The van der Waals surface area contributed by atoms with Crippen molar-refractivity contribution in [3.05, 3.63) is 70.9 Å². The maximum atomic E-state index is 13.0. The molecular weight excluding hydrogens is 384 g/mol. The van der Waals surface area contributed by atoms with Crippen LogP contribution in [0.5, 0.6) is 0 Å². The van der Waals surface area contributed by atoms with Gasteiger partial charge in [-0.25, -0.2) is 0 Å². The van der Waals surface area contributed by atoms with Gasteiger partial charge in [0.25, 0.3) is 0 Å². The zero-order valence-electron chi connectivity index (χ0n) is 16.7. The molecule has 2 heterocycles. The minimum absolute atomic E-state index is 0.0462. The second kappa shape index (κ2) is 9.52. The number of halogens is 1. The Labute approximate surface area is 176 Å². The van der Waals surface area contributed by atoms with Gasteiger partial charge in [-0.05, 0) is 30.8 Å². The van der Waals surface area contributed by atoms with Crippen LogP contribution < -0.4 is 5.32 Å². The molecule has 1 aromatic heterocycles. The Bertz CT molecular complexity index is 1050.